The highest BCUT2D eigenvalue weighted by molar-refractivity contribution is 6.31. The van der Waals surface area contributed by atoms with Gasteiger partial charge in [0.05, 0.1) is 11.0 Å². The van der Waals surface area contributed by atoms with E-state index in [1.54, 1.807) is 31.3 Å². The minimum atomic E-state index is -0.449. The molecule has 0 unspecified atom stereocenters. The van der Waals surface area contributed by atoms with Gasteiger partial charge in [0, 0.05) is 17.1 Å². The van der Waals surface area contributed by atoms with Gasteiger partial charge in [0.1, 0.15) is 0 Å². The van der Waals surface area contributed by atoms with Crippen LogP contribution in [0.15, 0.2) is 42.7 Å². The van der Waals surface area contributed by atoms with Gasteiger partial charge in [0.2, 0.25) is 0 Å². The van der Waals surface area contributed by atoms with Crippen molar-refractivity contribution in [2.45, 2.75) is 13.8 Å². The molecule has 2 aromatic carbocycles. The summed E-state index contributed by atoms with van der Waals surface area (Å²) >= 11 is 11.6. The quantitative estimate of drug-likeness (QED) is 0.496. The van der Waals surface area contributed by atoms with Gasteiger partial charge in [-0.3, -0.25) is 9.55 Å². The van der Waals surface area contributed by atoms with Crippen LogP contribution in [0, 0.1) is 13.8 Å². The summed E-state index contributed by atoms with van der Waals surface area (Å²) in [7, 11) is 1.66. The second-order valence-corrected chi connectivity index (χ2v) is 6.48. The van der Waals surface area contributed by atoms with Gasteiger partial charge in [0.25, 0.3) is 0 Å². The van der Waals surface area contributed by atoms with Crippen LogP contribution < -0.4 is 11.5 Å². The average Bonchev–Trinajstić information content (AvgIpc) is 3.02. The van der Waals surface area contributed by atoms with Crippen molar-refractivity contribution < 1.29 is 8.83 Å². The Hall–Kier alpha value is -2.44. The van der Waals surface area contributed by atoms with Gasteiger partial charge < -0.3 is 8.83 Å². The first kappa shape index (κ1) is 17.4. The second kappa shape index (κ2) is 6.46. The van der Waals surface area contributed by atoms with Crippen LogP contribution in [0.3, 0.4) is 0 Å². The predicted octanol–water partition coefficient (Wildman–Crippen LogP) is 4.18. The molecule has 0 fully saturated rings. The molecule has 0 radical (unpaired) electrons. The molecule has 2 aromatic heterocycles. The predicted molar refractivity (Wildman–Crippen MR) is 97.8 cm³/mol. The zero-order chi connectivity index (χ0) is 18.3. The van der Waals surface area contributed by atoms with E-state index in [1.807, 2.05) is 13.8 Å². The van der Waals surface area contributed by atoms with Crippen molar-refractivity contribution in [3.8, 4) is 0 Å². The van der Waals surface area contributed by atoms with Crippen molar-refractivity contribution >= 4 is 45.4 Å². The highest BCUT2D eigenvalue weighted by Crippen LogP contribution is 2.22. The van der Waals surface area contributed by atoms with Crippen molar-refractivity contribution in [2.75, 3.05) is 0 Å². The summed E-state index contributed by atoms with van der Waals surface area (Å²) in [5.41, 5.74) is 4.29. The number of aryl methyl sites for hydroxylation is 3. The lowest BCUT2D eigenvalue weighted by Gasteiger charge is -1.96. The number of H-pyrrole nitrogens is 1. The van der Waals surface area contributed by atoms with Crippen LogP contribution in [-0.4, -0.2) is 9.55 Å². The van der Waals surface area contributed by atoms with Crippen LogP contribution in [0.25, 0.3) is 22.2 Å². The molecule has 0 amide bonds. The van der Waals surface area contributed by atoms with E-state index in [-0.39, 0.29) is 5.76 Å². The monoisotopic (exact) mass is 380 g/mol. The highest BCUT2D eigenvalue weighted by Gasteiger charge is 2.08. The Morgan fingerprint density at radius 1 is 0.920 bits per heavy atom. The van der Waals surface area contributed by atoms with Crippen LogP contribution in [0.2, 0.25) is 10.0 Å². The number of fused-ring (bicyclic) bond motifs is 2. The zero-order valence-electron chi connectivity index (χ0n) is 13.6. The van der Waals surface area contributed by atoms with Crippen molar-refractivity contribution in [1.82, 2.24) is 9.55 Å². The lowest BCUT2D eigenvalue weighted by Crippen LogP contribution is -2.08. The maximum absolute atomic E-state index is 11.2. The fourth-order valence-electron chi connectivity index (χ4n) is 2.53. The number of aromatic nitrogens is 2. The smallest absolute Gasteiger partial charge is 0.408 e. The molecule has 130 valence electrons. The van der Waals surface area contributed by atoms with Crippen LogP contribution >= 0.6 is 23.2 Å². The molecule has 0 saturated heterocycles. The minimum absolute atomic E-state index is 0.361. The molecule has 6 nitrogen and oxygen atoms in total. The molecule has 0 saturated carbocycles. The Morgan fingerprint density at radius 3 is 2.20 bits per heavy atom. The zero-order valence-corrected chi connectivity index (χ0v) is 15.2. The Bertz CT molecular complexity index is 1200. The number of hydrogen-bond acceptors (Lipinski definition) is 4. The van der Waals surface area contributed by atoms with E-state index < -0.39 is 5.76 Å². The average molecular weight is 381 g/mol. The third-order valence-corrected chi connectivity index (χ3v) is 4.15. The van der Waals surface area contributed by atoms with E-state index in [9.17, 15) is 9.59 Å². The van der Waals surface area contributed by atoms with Crippen LogP contribution in [0.1, 0.15) is 11.1 Å². The Labute approximate surface area is 151 Å². The van der Waals surface area contributed by atoms with Gasteiger partial charge in [-0.15, -0.1) is 0 Å². The molecule has 2 heterocycles. The normalized spacial score (nSPS) is 10.9. The summed E-state index contributed by atoms with van der Waals surface area (Å²) in [6.45, 7) is 3.70. The molecule has 25 heavy (non-hydrogen) atoms. The first-order chi connectivity index (χ1) is 11.8. The molecule has 4 rings (SSSR count). The molecule has 0 bridgehead atoms. The van der Waals surface area contributed by atoms with E-state index in [0.717, 1.165) is 16.6 Å². The molecule has 0 aliphatic rings. The number of nitrogens with zero attached hydrogens (tertiary/aromatic N) is 1. The largest absolute Gasteiger partial charge is 0.419 e. The Kier molecular flexibility index (Phi) is 4.49. The standard InChI is InChI=1S/C9H8ClNO2.C8H6ClNO2/c1-5-3-6(10)4-7-8(5)13-9(12)11(7)2;1-4-2-5(9)3-6-7(4)12-8(11)10-6/h3-4H,1-2H3;2-3H,1H3,(H,10,11). The number of halogens is 2. The van der Waals surface area contributed by atoms with E-state index in [1.165, 1.54) is 4.57 Å². The fourth-order valence-corrected chi connectivity index (χ4v) is 3.07. The molecule has 0 aliphatic heterocycles. The third kappa shape index (κ3) is 3.36. The Balaban J connectivity index is 0.000000146. The van der Waals surface area contributed by atoms with Crippen molar-refractivity contribution in [3.63, 3.8) is 0 Å². The lowest BCUT2D eigenvalue weighted by molar-refractivity contribution is 0.526. The highest BCUT2D eigenvalue weighted by atomic mass is 35.5. The van der Waals surface area contributed by atoms with Crippen LogP contribution in [0.4, 0.5) is 0 Å². The summed E-state index contributed by atoms with van der Waals surface area (Å²) in [5.74, 6) is -0.810. The molecular formula is C17H14Cl2N2O4. The molecule has 1 N–H and O–H groups in total. The molecule has 0 spiro atoms. The summed E-state index contributed by atoms with van der Waals surface area (Å²) in [4.78, 5) is 24.5. The van der Waals surface area contributed by atoms with E-state index >= 15 is 0 Å². The van der Waals surface area contributed by atoms with Crippen molar-refractivity contribution in [2.24, 2.45) is 7.05 Å². The van der Waals surface area contributed by atoms with Gasteiger partial charge in [-0.05, 0) is 49.2 Å². The molecule has 0 atom stereocenters. The molecular weight excluding hydrogens is 367 g/mol. The van der Waals surface area contributed by atoms with Gasteiger partial charge in [-0.25, -0.2) is 9.59 Å². The minimum Gasteiger partial charge on any atom is -0.408 e. The number of oxazole rings is 2. The first-order valence-electron chi connectivity index (χ1n) is 7.31. The number of nitrogens with one attached hydrogen (secondary N) is 1. The SMILES string of the molecule is Cc1cc(Cl)cc2[nH]c(=O)oc12.Cc1cc(Cl)cc2c1oc(=O)n2C. The number of rotatable bonds is 0. The van der Waals surface area contributed by atoms with Gasteiger partial charge in [-0.2, -0.15) is 0 Å². The first-order valence-corrected chi connectivity index (χ1v) is 8.06. The summed E-state index contributed by atoms with van der Waals surface area (Å²) in [5, 5.41) is 1.21. The maximum atomic E-state index is 11.2. The lowest BCUT2D eigenvalue weighted by atomic mass is 10.2. The van der Waals surface area contributed by atoms with Crippen LogP contribution in [-0.2, 0) is 7.05 Å². The molecule has 4 aromatic rings. The number of hydrogen-bond donors (Lipinski definition) is 1. The topological polar surface area (TPSA) is 81.1 Å². The molecule has 8 heteroatoms. The van der Waals surface area contributed by atoms with Crippen molar-refractivity contribution in [1.29, 1.82) is 0 Å². The maximum Gasteiger partial charge on any atom is 0.419 e. The number of aromatic amines is 1. The van der Waals surface area contributed by atoms with Gasteiger partial charge in [-0.1, -0.05) is 23.2 Å². The van der Waals surface area contributed by atoms with E-state index in [0.29, 0.717) is 26.7 Å². The summed E-state index contributed by atoms with van der Waals surface area (Å²) in [6, 6.07) is 6.90. The fraction of sp³-hybridized carbons (Fsp3) is 0.176. The van der Waals surface area contributed by atoms with E-state index in [2.05, 4.69) is 4.98 Å². The number of benzene rings is 2. The van der Waals surface area contributed by atoms with Crippen molar-refractivity contribution in [3.05, 3.63) is 66.5 Å². The summed E-state index contributed by atoms with van der Waals surface area (Å²) in [6.07, 6.45) is 0. The third-order valence-electron chi connectivity index (χ3n) is 3.72. The molecule has 0 aliphatic carbocycles. The summed E-state index contributed by atoms with van der Waals surface area (Å²) < 4.78 is 11.4. The van der Waals surface area contributed by atoms with Crippen LogP contribution in [0.5, 0.6) is 0 Å². The van der Waals surface area contributed by atoms with Gasteiger partial charge in [0.15, 0.2) is 11.2 Å². The van der Waals surface area contributed by atoms with Gasteiger partial charge >= 0.3 is 11.5 Å². The Morgan fingerprint density at radius 2 is 1.52 bits per heavy atom. The van der Waals surface area contributed by atoms with E-state index in [4.69, 9.17) is 32.0 Å². The second-order valence-electron chi connectivity index (χ2n) is 5.61.